The van der Waals surface area contributed by atoms with Crippen LogP contribution in [0, 0.1) is 30.4 Å². The van der Waals surface area contributed by atoms with E-state index in [1.54, 1.807) is 6.07 Å². The van der Waals surface area contributed by atoms with Crippen molar-refractivity contribution in [2.45, 2.75) is 19.3 Å². The minimum Gasteiger partial charge on any atom is -0.485 e. The molecule has 0 saturated heterocycles. The van der Waals surface area contributed by atoms with E-state index < -0.39 is 4.92 Å². The van der Waals surface area contributed by atoms with Crippen molar-refractivity contribution in [3.63, 3.8) is 0 Å². The van der Waals surface area contributed by atoms with Gasteiger partial charge in [0, 0.05) is 11.5 Å². The second-order valence-electron chi connectivity index (χ2n) is 4.98. The lowest BCUT2D eigenvalue weighted by Crippen LogP contribution is -2.37. The minimum atomic E-state index is -0.507. The molecule has 0 N–H and O–H groups in total. The summed E-state index contributed by atoms with van der Waals surface area (Å²) < 4.78 is 6.30. The van der Waals surface area contributed by atoms with Gasteiger partial charge in [0.2, 0.25) is 5.75 Å². The van der Waals surface area contributed by atoms with Crippen LogP contribution in [0.1, 0.15) is 24.8 Å². The number of nitrogens with zero attached hydrogens (tertiary/aromatic N) is 2. The van der Waals surface area contributed by atoms with Gasteiger partial charge < -0.3 is 4.74 Å². The maximum Gasteiger partial charge on any atom is 0.313 e. The highest BCUT2D eigenvalue weighted by molar-refractivity contribution is 14.1. The zero-order valence-corrected chi connectivity index (χ0v) is 13.7. The Kier molecular flexibility index (Phi) is 4.75. The standard InChI is InChI=1S/C13H13IN2O3S/c14-10-4-9(6-15)5-11(16(17)18)12(10)19-7-13(8-20)2-1-3-13/h4-5,20H,1-3,7-8H2. The summed E-state index contributed by atoms with van der Waals surface area (Å²) in [5.74, 6) is 0.968. The van der Waals surface area contributed by atoms with E-state index in [0.29, 0.717) is 15.9 Å². The monoisotopic (exact) mass is 404 g/mol. The molecule has 1 aliphatic rings. The number of nitriles is 1. The normalized spacial score (nSPS) is 16.1. The minimum absolute atomic E-state index is 0.0357. The molecule has 0 spiro atoms. The topological polar surface area (TPSA) is 76.2 Å². The summed E-state index contributed by atoms with van der Waals surface area (Å²) in [6, 6.07) is 4.77. The molecule has 0 aromatic heterocycles. The summed E-state index contributed by atoms with van der Waals surface area (Å²) in [6.07, 6.45) is 3.23. The Balaban J connectivity index is 2.26. The number of hydrogen-bond acceptors (Lipinski definition) is 5. The van der Waals surface area contributed by atoms with Crippen LogP contribution < -0.4 is 4.74 Å². The lowest BCUT2D eigenvalue weighted by molar-refractivity contribution is -0.386. The first-order chi connectivity index (χ1) is 9.51. The van der Waals surface area contributed by atoms with E-state index in [1.807, 2.05) is 28.7 Å². The van der Waals surface area contributed by atoms with Crippen LogP contribution in [0.5, 0.6) is 5.75 Å². The van der Waals surface area contributed by atoms with Crippen molar-refractivity contribution in [2.24, 2.45) is 5.41 Å². The van der Waals surface area contributed by atoms with E-state index in [4.69, 9.17) is 10.00 Å². The van der Waals surface area contributed by atoms with E-state index in [-0.39, 0.29) is 22.4 Å². The Morgan fingerprint density at radius 1 is 1.55 bits per heavy atom. The van der Waals surface area contributed by atoms with Crippen LogP contribution >= 0.6 is 35.2 Å². The summed E-state index contributed by atoms with van der Waals surface area (Å²) in [7, 11) is 0. The van der Waals surface area contributed by atoms with Gasteiger partial charge in [-0.05, 0) is 47.3 Å². The highest BCUT2D eigenvalue weighted by atomic mass is 127. The Bertz CT molecular complexity index is 576. The van der Waals surface area contributed by atoms with E-state index in [1.165, 1.54) is 6.07 Å². The molecule has 1 aliphatic carbocycles. The van der Waals surface area contributed by atoms with Crippen molar-refractivity contribution >= 4 is 40.9 Å². The maximum absolute atomic E-state index is 11.1. The third kappa shape index (κ3) is 3.01. The number of thiol groups is 1. The first kappa shape index (κ1) is 15.4. The molecule has 0 atom stereocenters. The van der Waals surface area contributed by atoms with Crippen LogP contribution in [0.3, 0.4) is 0 Å². The third-order valence-corrected chi connectivity index (χ3v) is 5.09. The van der Waals surface area contributed by atoms with Crippen molar-refractivity contribution in [1.82, 2.24) is 0 Å². The molecule has 7 heteroatoms. The van der Waals surface area contributed by atoms with Crippen LogP contribution in [0.15, 0.2) is 12.1 Å². The van der Waals surface area contributed by atoms with Crippen LogP contribution in [0.25, 0.3) is 0 Å². The van der Waals surface area contributed by atoms with E-state index in [9.17, 15) is 10.1 Å². The molecule has 0 heterocycles. The zero-order chi connectivity index (χ0) is 14.8. The zero-order valence-electron chi connectivity index (χ0n) is 10.6. The molecule has 0 amide bonds. The largest absolute Gasteiger partial charge is 0.485 e. The molecule has 0 unspecified atom stereocenters. The van der Waals surface area contributed by atoms with Gasteiger partial charge in [0.05, 0.1) is 26.7 Å². The quantitative estimate of drug-likeness (QED) is 0.353. The molecule has 5 nitrogen and oxygen atoms in total. The highest BCUT2D eigenvalue weighted by Crippen LogP contribution is 2.43. The predicted octanol–water partition coefficient (Wildman–Crippen LogP) is 3.55. The molecule has 106 valence electrons. The van der Waals surface area contributed by atoms with Gasteiger partial charge in [-0.3, -0.25) is 10.1 Å². The molecule has 1 saturated carbocycles. The van der Waals surface area contributed by atoms with Crippen molar-refractivity contribution in [1.29, 1.82) is 5.26 Å². The van der Waals surface area contributed by atoms with Gasteiger partial charge >= 0.3 is 5.69 Å². The molecule has 0 bridgehead atoms. The highest BCUT2D eigenvalue weighted by Gasteiger charge is 2.37. The van der Waals surface area contributed by atoms with Gasteiger partial charge in [0.1, 0.15) is 0 Å². The number of rotatable bonds is 5. The van der Waals surface area contributed by atoms with E-state index >= 15 is 0 Å². The predicted molar refractivity (Wildman–Crippen MR) is 86.2 cm³/mol. The lowest BCUT2D eigenvalue weighted by atomic mass is 9.71. The number of hydrogen-bond donors (Lipinski definition) is 1. The van der Waals surface area contributed by atoms with Gasteiger partial charge in [-0.25, -0.2) is 0 Å². The first-order valence-corrected chi connectivity index (χ1v) is 7.84. The van der Waals surface area contributed by atoms with Crippen LogP contribution in [0.4, 0.5) is 5.69 Å². The summed E-state index contributed by atoms with van der Waals surface area (Å²) in [4.78, 5) is 10.6. The fourth-order valence-corrected chi connectivity index (χ4v) is 3.35. The van der Waals surface area contributed by atoms with Crippen LogP contribution in [-0.4, -0.2) is 17.3 Å². The van der Waals surface area contributed by atoms with Gasteiger partial charge in [-0.1, -0.05) is 6.42 Å². The second-order valence-corrected chi connectivity index (χ2v) is 6.45. The van der Waals surface area contributed by atoms with Gasteiger partial charge in [0.25, 0.3) is 0 Å². The summed E-state index contributed by atoms with van der Waals surface area (Å²) in [5, 5.41) is 20.0. The summed E-state index contributed by atoms with van der Waals surface area (Å²) in [5.41, 5.74) is 0.150. The van der Waals surface area contributed by atoms with E-state index in [0.717, 1.165) is 19.3 Å². The molecule has 2 rings (SSSR count). The van der Waals surface area contributed by atoms with Crippen molar-refractivity contribution in [2.75, 3.05) is 12.4 Å². The van der Waals surface area contributed by atoms with Crippen molar-refractivity contribution in [3.8, 4) is 11.8 Å². The van der Waals surface area contributed by atoms with Crippen LogP contribution in [-0.2, 0) is 0 Å². The number of ether oxygens (including phenoxy) is 1. The molecular weight excluding hydrogens is 391 g/mol. The maximum atomic E-state index is 11.1. The number of nitro benzene ring substituents is 1. The molecule has 1 aromatic carbocycles. The Morgan fingerprint density at radius 2 is 2.25 bits per heavy atom. The summed E-state index contributed by atoms with van der Waals surface area (Å²) in [6.45, 7) is 0.430. The van der Waals surface area contributed by atoms with Gasteiger partial charge in [0.15, 0.2) is 0 Å². The van der Waals surface area contributed by atoms with Crippen molar-refractivity contribution in [3.05, 3.63) is 31.4 Å². The Hall–Kier alpha value is -1.01. The second kappa shape index (κ2) is 6.18. The Morgan fingerprint density at radius 3 is 2.70 bits per heavy atom. The fourth-order valence-electron chi connectivity index (χ4n) is 2.17. The SMILES string of the molecule is N#Cc1cc(I)c(OCC2(CS)CCC2)c([N+](=O)[O-])c1. The molecule has 0 aliphatic heterocycles. The molecule has 20 heavy (non-hydrogen) atoms. The van der Waals surface area contributed by atoms with Gasteiger partial charge in [-0.15, -0.1) is 0 Å². The number of halogens is 1. The van der Waals surface area contributed by atoms with Crippen molar-refractivity contribution < 1.29 is 9.66 Å². The smallest absolute Gasteiger partial charge is 0.313 e. The average Bonchev–Trinajstić information content (AvgIpc) is 2.38. The van der Waals surface area contributed by atoms with Gasteiger partial charge in [-0.2, -0.15) is 17.9 Å². The molecule has 1 aromatic rings. The average molecular weight is 404 g/mol. The van der Waals surface area contributed by atoms with Crippen LogP contribution in [0.2, 0.25) is 0 Å². The number of nitro groups is 1. The third-order valence-electron chi connectivity index (χ3n) is 3.62. The summed E-state index contributed by atoms with van der Waals surface area (Å²) >= 11 is 6.31. The lowest BCUT2D eigenvalue weighted by Gasteiger charge is -2.40. The molecule has 1 fully saturated rings. The van der Waals surface area contributed by atoms with E-state index in [2.05, 4.69) is 12.6 Å². The molecular formula is C13H13IN2O3S. The first-order valence-electron chi connectivity index (χ1n) is 6.13. The number of benzene rings is 1. The Labute approximate surface area is 136 Å². The molecule has 0 radical (unpaired) electrons. The fraction of sp³-hybridized carbons (Fsp3) is 0.462.